The molecule has 0 unspecified atom stereocenters. The number of benzene rings is 1. The van der Waals surface area contributed by atoms with Gasteiger partial charge in [-0.1, -0.05) is 39.0 Å². The minimum atomic E-state index is -0.460. The van der Waals surface area contributed by atoms with Crippen molar-refractivity contribution in [2.24, 2.45) is 5.41 Å². The van der Waals surface area contributed by atoms with E-state index in [4.69, 9.17) is 0 Å². The number of rotatable bonds is 4. The van der Waals surface area contributed by atoms with Crippen LogP contribution in [0.25, 0.3) is 0 Å². The third-order valence-electron chi connectivity index (χ3n) is 5.09. The zero-order valence-corrected chi connectivity index (χ0v) is 16.9. The van der Waals surface area contributed by atoms with Crippen molar-refractivity contribution in [2.45, 2.75) is 46.2 Å². The summed E-state index contributed by atoms with van der Waals surface area (Å²) in [5.41, 5.74) is 2.19. The summed E-state index contributed by atoms with van der Waals surface area (Å²) >= 11 is 1.65. The number of para-hydroxylation sites is 1. The lowest BCUT2D eigenvalue weighted by atomic mass is 9.94. The number of carbonyl (C=O) groups is 2. The molecule has 26 heavy (non-hydrogen) atoms. The summed E-state index contributed by atoms with van der Waals surface area (Å²) in [7, 11) is 0. The second-order valence-corrected chi connectivity index (χ2v) is 9.21. The molecule has 0 aliphatic carbocycles. The molecule has 0 bridgehead atoms. The summed E-state index contributed by atoms with van der Waals surface area (Å²) in [6.07, 6.45) is 1.05. The van der Waals surface area contributed by atoms with Crippen LogP contribution < -0.4 is 10.2 Å². The van der Waals surface area contributed by atoms with E-state index >= 15 is 0 Å². The Hall–Kier alpha value is -1.69. The molecule has 2 amide bonds. The van der Waals surface area contributed by atoms with Crippen LogP contribution in [0.5, 0.6) is 0 Å². The van der Waals surface area contributed by atoms with E-state index in [0.29, 0.717) is 24.2 Å². The van der Waals surface area contributed by atoms with Gasteiger partial charge in [-0.3, -0.25) is 9.59 Å². The van der Waals surface area contributed by atoms with Gasteiger partial charge in [0.2, 0.25) is 11.8 Å². The summed E-state index contributed by atoms with van der Waals surface area (Å²) in [6.45, 7) is 9.31. The SMILES string of the molecule is C[C@H]1Cc2ccccc2N1CCNC(=O)[C@H]1CSCN1C(=O)C(C)(C)C. The minimum absolute atomic E-state index is 0.0345. The molecule has 2 heterocycles. The molecule has 1 aromatic carbocycles. The van der Waals surface area contributed by atoms with E-state index in [1.165, 1.54) is 11.3 Å². The van der Waals surface area contributed by atoms with Crippen molar-refractivity contribution in [1.82, 2.24) is 10.2 Å². The first-order valence-electron chi connectivity index (χ1n) is 9.30. The van der Waals surface area contributed by atoms with Gasteiger partial charge in [-0.15, -0.1) is 11.8 Å². The van der Waals surface area contributed by atoms with E-state index < -0.39 is 5.41 Å². The first kappa shape index (κ1) is 19.1. The van der Waals surface area contributed by atoms with Gasteiger partial charge < -0.3 is 15.1 Å². The molecule has 0 spiro atoms. The smallest absolute Gasteiger partial charge is 0.243 e. The Kier molecular flexibility index (Phi) is 5.51. The fraction of sp³-hybridized carbons (Fsp3) is 0.600. The molecular formula is C20H29N3O2S. The van der Waals surface area contributed by atoms with Crippen LogP contribution in [0.2, 0.25) is 0 Å². The Morgan fingerprint density at radius 1 is 1.27 bits per heavy atom. The molecule has 2 aliphatic heterocycles. The molecule has 0 saturated carbocycles. The monoisotopic (exact) mass is 375 g/mol. The van der Waals surface area contributed by atoms with E-state index in [9.17, 15) is 9.59 Å². The van der Waals surface area contributed by atoms with Crippen LogP contribution >= 0.6 is 11.8 Å². The number of amides is 2. The Balaban J connectivity index is 1.55. The Bertz CT molecular complexity index is 686. The molecule has 3 rings (SSSR count). The van der Waals surface area contributed by atoms with Gasteiger partial charge in [0.25, 0.3) is 0 Å². The Labute approximate surface area is 160 Å². The zero-order chi connectivity index (χ0) is 18.9. The highest BCUT2D eigenvalue weighted by molar-refractivity contribution is 7.99. The van der Waals surface area contributed by atoms with Gasteiger partial charge in [0.05, 0.1) is 5.88 Å². The number of fused-ring (bicyclic) bond motifs is 1. The van der Waals surface area contributed by atoms with Crippen molar-refractivity contribution >= 4 is 29.3 Å². The molecule has 2 atom stereocenters. The van der Waals surface area contributed by atoms with Crippen LogP contribution in [0.4, 0.5) is 5.69 Å². The van der Waals surface area contributed by atoms with Gasteiger partial charge in [0.15, 0.2) is 0 Å². The topological polar surface area (TPSA) is 52.7 Å². The number of anilines is 1. The zero-order valence-electron chi connectivity index (χ0n) is 16.1. The Morgan fingerprint density at radius 2 is 2.00 bits per heavy atom. The molecule has 2 aliphatic rings. The van der Waals surface area contributed by atoms with Crippen molar-refractivity contribution in [2.75, 3.05) is 29.6 Å². The standard InChI is InChI=1S/C20H29N3O2S/c1-14-11-15-7-5-6-8-16(15)22(14)10-9-21-18(24)17-12-26-13-23(17)19(25)20(2,3)4/h5-8,14,17H,9-13H2,1-4H3,(H,21,24)/t14-,17+/m0/s1. The average molecular weight is 376 g/mol. The third-order valence-corrected chi connectivity index (χ3v) is 6.10. The molecule has 6 heteroatoms. The Morgan fingerprint density at radius 3 is 2.73 bits per heavy atom. The van der Waals surface area contributed by atoms with E-state index in [1.807, 2.05) is 20.8 Å². The van der Waals surface area contributed by atoms with Gasteiger partial charge in [0.1, 0.15) is 6.04 Å². The summed E-state index contributed by atoms with van der Waals surface area (Å²) in [4.78, 5) is 29.3. The average Bonchev–Trinajstić information content (AvgIpc) is 3.18. The predicted octanol–water partition coefficient (Wildman–Crippen LogP) is 2.50. The van der Waals surface area contributed by atoms with Gasteiger partial charge in [-0.25, -0.2) is 0 Å². The summed E-state index contributed by atoms with van der Waals surface area (Å²) in [6, 6.07) is 8.57. The van der Waals surface area contributed by atoms with Crippen molar-refractivity contribution in [3.63, 3.8) is 0 Å². The van der Waals surface area contributed by atoms with Gasteiger partial charge in [-0.2, -0.15) is 0 Å². The molecule has 1 saturated heterocycles. The molecule has 1 aromatic rings. The largest absolute Gasteiger partial charge is 0.367 e. The van der Waals surface area contributed by atoms with Crippen molar-refractivity contribution < 1.29 is 9.59 Å². The molecule has 1 fully saturated rings. The maximum Gasteiger partial charge on any atom is 0.243 e. The molecular weight excluding hydrogens is 346 g/mol. The van der Waals surface area contributed by atoms with Gasteiger partial charge in [0, 0.05) is 36.0 Å². The third kappa shape index (κ3) is 3.85. The summed E-state index contributed by atoms with van der Waals surface area (Å²) in [5, 5.41) is 3.05. The highest BCUT2D eigenvalue weighted by Crippen LogP contribution is 2.31. The van der Waals surface area contributed by atoms with E-state index in [1.54, 1.807) is 16.7 Å². The fourth-order valence-electron chi connectivity index (χ4n) is 3.68. The second kappa shape index (κ2) is 7.51. The van der Waals surface area contributed by atoms with E-state index in [2.05, 4.69) is 41.4 Å². The van der Waals surface area contributed by atoms with Crippen LogP contribution in [-0.4, -0.2) is 53.5 Å². The second-order valence-electron chi connectivity index (χ2n) is 8.21. The van der Waals surface area contributed by atoms with Gasteiger partial charge in [-0.05, 0) is 25.0 Å². The number of nitrogens with one attached hydrogen (secondary N) is 1. The first-order valence-corrected chi connectivity index (χ1v) is 10.5. The number of hydrogen-bond donors (Lipinski definition) is 1. The lowest BCUT2D eigenvalue weighted by Crippen LogP contribution is -2.51. The van der Waals surface area contributed by atoms with Crippen molar-refractivity contribution in [3.05, 3.63) is 29.8 Å². The minimum Gasteiger partial charge on any atom is -0.367 e. The highest BCUT2D eigenvalue weighted by atomic mass is 32.2. The first-order chi connectivity index (χ1) is 12.3. The number of carbonyl (C=O) groups excluding carboxylic acids is 2. The van der Waals surface area contributed by atoms with Crippen LogP contribution in [-0.2, 0) is 16.0 Å². The predicted molar refractivity (Wildman–Crippen MR) is 107 cm³/mol. The van der Waals surface area contributed by atoms with Crippen LogP contribution in [0.1, 0.15) is 33.3 Å². The van der Waals surface area contributed by atoms with Crippen molar-refractivity contribution in [1.29, 1.82) is 0 Å². The molecule has 0 radical (unpaired) electrons. The molecule has 142 valence electrons. The summed E-state index contributed by atoms with van der Waals surface area (Å²) in [5.74, 6) is 1.29. The quantitative estimate of drug-likeness (QED) is 0.879. The normalized spacial score (nSPS) is 22.5. The van der Waals surface area contributed by atoms with Crippen LogP contribution in [0.15, 0.2) is 24.3 Å². The maximum atomic E-state index is 12.7. The summed E-state index contributed by atoms with van der Waals surface area (Å²) < 4.78 is 0. The van der Waals surface area contributed by atoms with Gasteiger partial charge >= 0.3 is 0 Å². The van der Waals surface area contributed by atoms with E-state index in [-0.39, 0.29) is 17.9 Å². The fourth-order valence-corrected chi connectivity index (χ4v) is 4.83. The maximum absolute atomic E-state index is 12.7. The van der Waals surface area contributed by atoms with Crippen LogP contribution in [0, 0.1) is 5.41 Å². The number of nitrogens with zero attached hydrogens (tertiary/aromatic N) is 2. The van der Waals surface area contributed by atoms with Crippen molar-refractivity contribution in [3.8, 4) is 0 Å². The van der Waals surface area contributed by atoms with E-state index in [0.717, 1.165) is 13.0 Å². The lowest BCUT2D eigenvalue weighted by molar-refractivity contribution is -0.144. The number of thioether (sulfide) groups is 1. The molecule has 1 N–H and O–H groups in total. The lowest BCUT2D eigenvalue weighted by Gasteiger charge is -2.30. The molecule has 5 nitrogen and oxygen atoms in total. The molecule has 0 aromatic heterocycles. The van der Waals surface area contributed by atoms with Crippen LogP contribution in [0.3, 0.4) is 0 Å². The number of hydrogen-bond acceptors (Lipinski definition) is 4. The highest BCUT2D eigenvalue weighted by Gasteiger charge is 2.39.